The van der Waals surface area contributed by atoms with Crippen LogP contribution in [-0.2, 0) is 4.79 Å². The number of hydrogen-bond acceptors (Lipinski definition) is 7. The lowest BCUT2D eigenvalue weighted by molar-refractivity contribution is -0.114. The summed E-state index contributed by atoms with van der Waals surface area (Å²) >= 11 is 0. The second kappa shape index (κ2) is 7.97. The standard InChI is InChI=1S/C17H18N4O5/c1-3-26-16-8-14(13(7-12(16)18)19-9(2)22)21-20-10-4-5-15(23)11(6-10)17(24)25/h4-8,23H,3,18H2,1-2H3,(H,19,22)(H,24,25). The van der Waals surface area contributed by atoms with Gasteiger partial charge >= 0.3 is 5.97 Å². The molecule has 2 rings (SSSR count). The van der Waals surface area contributed by atoms with Crippen LogP contribution in [0.25, 0.3) is 0 Å². The molecule has 0 aliphatic carbocycles. The minimum atomic E-state index is -1.29. The quantitative estimate of drug-likeness (QED) is 0.459. The van der Waals surface area contributed by atoms with Gasteiger partial charge in [0.05, 0.1) is 23.7 Å². The zero-order valence-corrected chi connectivity index (χ0v) is 14.2. The predicted molar refractivity (Wildman–Crippen MR) is 95.6 cm³/mol. The highest BCUT2D eigenvalue weighted by Crippen LogP contribution is 2.36. The number of azo groups is 1. The van der Waals surface area contributed by atoms with Crippen LogP contribution in [0.2, 0.25) is 0 Å². The number of anilines is 2. The number of nitrogens with one attached hydrogen (secondary N) is 1. The molecule has 0 atom stereocenters. The van der Waals surface area contributed by atoms with Gasteiger partial charge in [-0.05, 0) is 31.2 Å². The minimum Gasteiger partial charge on any atom is -0.507 e. The summed E-state index contributed by atoms with van der Waals surface area (Å²) < 4.78 is 5.41. The van der Waals surface area contributed by atoms with Crippen molar-refractivity contribution in [2.75, 3.05) is 17.7 Å². The van der Waals surface area contributed by atoms with E-state index < -0.39 is 5.97 Å². The molecule has 0 spiro atoms. The molecule has 0 unspecified atom stereocenters. The van der Waals surface area contributed by atoms with Crippen LogP contribution >= 0.6 is 0 Å². The van der Waals surface area contributed by atoms with Crippen molar-refractivity contribution >= 4 is 34.6 Å². The first-order chi connectivity index (χ1) is 12.3. The van der Waals surface area contributed by atoms with E-state index in [0.29, 0.717) is 23.7 Å². The van der Waals surface area contributed by atoms with Gasteiger partial charge in [0.2, 0.25) is 5.91 Å². The van der Waals surface area contributed by atoms with Gasteiger partial charge in [0.1, 0.15) is 22.7 Å². The molecule has 0 radical (unpaired) electrons. The summed E-state index contributed by atoms with van der Waals surface area (Å²) in [7, 11) is 0. The Hall–Kier alpha value is -3.62. The van der Waals surface area contributed by atoms with Crippen LogP contribution in [-0.4, -0.2) is 28.7 Å². The van der Waals surface area contributed by atoms with Crippen LogP contribution in [0, 0.1) is 0 Å². The highest BCUT2D eigenvalue weighted by atomic mass is 16.5. The van der Waals surface area contributed by atoms with E-state index >= 15 is 0 Å². The van der Waals surface area contributed by atoms with Crippen molar-refractivity contribution < 1.29 is 24.5 Å². The number of nitrogen functional groups attached to an aromatic ring is 1. The Kier molecular flexibility index (Phi) is 5.74. The third kappa shape index (κ3) is 4.47. The van der Waals surface area contributed by atoms with Gasteiger partial charge in [0, 0.05) is 13.0 Å². The Morgan fingerprint density at radius 1 is 1.23 bits per heavy atom. The van der Waals surface area contributed by atoms with Crippen LogP contribution in [0.4, 0.5) is 22.7 Å². The lowest BCUT2D eigenvalue weighted by atomic mass is 10.2. The van der Waals surface area contributed by atoms with E-state index in [1.165, 1.54) is 37.3 Å². The summed E-state index contributed by atoms with van der Waals surface area (Å²) in [6, 6.07) is 6.82. The number of phenols is 1. The summed E-state index contributed by atoms with van der Waals surface area (Å²) in [6.45, 7) is 3.53. The number of carboxylic acid groups (broad SMARTS) is 1. The fourth-order valence-corrected chi connectivity index (χ4v) is 2.11. The van der Waals surface area contributed by atoms with Crippen LogP contribution in [0.3, 0.4) is 0 Å². The molecule has 0 fully saturated rings. The van der Waals surface area contributed by atoms with E-state index in [-0.39, 0.29) is 28.6 Å². The Balaban J connectivity index is 2.44. The van der Waals surface area contributed by atoms with Crippen molar-refractivity contribution in [3.63, 3.8) is 0 Å². The largest absolute Gasteiger partial charge is 0.507 e. The maximum atomic E-state index is 11.4. The molecule has 2 aromatic rings. The number of rotatable bonds is 6. The fourth-order valence-electron chi connectivity index (χ4n) is 2.11. The molecule has 0 bridgehead atoms. The maximum absolute atomic E-state index is 11.4. The molecule has 0 saturated carbocycles. The number of benzene rings is 2. The molecular weight excluding hydrogens is 340 g/mol. The number of aromatic hydroxyl groups is 1. The number of nitrogens with zero attached hydrogens (tertiary/aromatic N) is 2. The highest BCUT2D eigenvalue weighted by molar-refractivity contribution is 5.93. The monoisotopic (exact) mass is 358 g/mol. The molecule has 0 aromatic heterocycles. The van der Waals surface area contributed by atoms with Crippen molar-refractivity contribution in [3.05, 3.63) is 35.9 Å². The fraction of sp³-hybridized carbons (Fsp3) is 0.176. The van der Waals surface area contributed by atoms with Gasteiger partial charge in [-0.3, -0.25) is 4.79 Å². The van der Waals surface area contributed by atoms with Crippen molar-refractivity contribution in [2.24, 2.45) is 10.2 Å². The number of carboxylic acids is 1. The Labute approximate surface area is 149 Å². The van der Waals surface area contributed by atoms with Gasteiger partial charge in [-0.2, -0.15) is 5.11 Å². The summed E-state index contributed by atoms with van der Waals surface area (Å²) in [6.07, 6.45) is 0. The molecule has 1 amide bonds. The lowest BCUT2D eigenvalue weighted by Gasteiger charge is -2.11. The van der Waals surface area contributed by atoms with Crippen LogP contribution in [0.5, 0.6) is 11.5 Å². The zero-order chi connectivity index (χ0) is 19.3. The molecule has 26 heavy (non-hydrogen) atoms. The first kappa shape index (κ1) is 18.7. The molecule has 136 valence electrons. The van der Waals surface area contributed by atoms with E-state index in [4.69, 9.17) is 15.6 Å². The first-order valence-electron chi connectivity index (χ1n) is 7.63. The molecule has 5 N–H and O–H groups in total. The number of ether oxygens (including phenoxy) is 1. The summed E-state index contributed by atoms with van der Waals surface area (Å²) in [5.41, 5.74) is 6.74. The number of aromatic carboxylic acids is 1. The van der Waals surface area contributed by atoms with Gasteiger partial charge in [-0.1, -0.05) is 0 Å². The minimum absolute atomic E-state index is 0.212. The van der Waals surface area contributed by atoms with Gasteiger partial charge < -0.3 is 26.0 Å². The predicted octanol–water partition coefficient (Wildman–Crippen LogP) is 3.45. The SMILES string of the molecule is CCOc1cc(N=Nc2ccc(O)c(C(=O)O)c2)c(NC(C)=O)cc1N. The Morgan fingerprint density at radius 2 is 1.96 bits per heavy atom. The van der Waals surface area contributed by atoms with E-state index in [1.54, 1.807) is 6.92 Å². The number of carbonyl (C=O) groups is 2. The van der Waals surface area contributed by atoms with E-state index in [9.17, 15) is 14.7 Å². The van der Waals surface area contributed by atoms with Crippen LogP contribution in [0.15, 0.2) is 40.6 Å². The third-order valence-corrected chi connectivity index (χ3v) is 3.22. The second-order valence-corrected chi connectivity index (χ2v) is 5.23. The molecule has 9 nitrogen and oxygen atoms in total. The van der Waals surface area contributed by atoms with E-state index in [1.807, 2.05) is 0 Å². The number of hydrogen-bond donors (Lipinski definition) is 4. The summed E-state index contributed by atoms with van der Waals surface area (Å²) in [5, 5.41) is 29.2. The Morgan fingerprint density at radius 3 is 2.58 bits per heavy atom. The van der Waals surface area contributed by atoms with Gasteiger partial charge in [-0.25, -0.2) is 4.79 Å². The lowest BCUT2D eigenvalue weighted by Crippen LogP contribution is -2.07. The second-order valence-electron chi connectivity index (χ2n) is 5.23. The van der Waals surface area contributed by atoms with Gasteiger partial charge in [-0.15, -0.1) is 5.11 Å². The maximum Gasteiger partial charge on any atom is 0.339 e. The highest BCUT2D eigenvalue weighted by Gasteiger charge is 2.12. The van der Waals surface area contributed by atoms with E-state index in [2.05, 4.69) is 15.5 Å². The van der Waals surface area contributed by atoms with Crippen molar-refractivity contribution in [1.29, 1.82) is 0 Å². The zero-order valence-electron chi connectivity index (χ0n) is 14.2. The average Bonchev–Trinajstić information content (AvgIpc) is 2.56. The molecular formula is C17H18N4O5. The number of amides is 1. The topological polar surface area (TPSA) is 147 Å². The summed E-state index contributed by atoms with van der Waals surface area (Å²) in [4.78, 5) is 22.4. The number of carbonyl (C=O) groups excluding carboxylic acids is 1. The molecule has 0 heterocycles. The van der Waals surface area contributed by atoms with Crippen molar-refractivity contribution in [3.8, 4) is 11.5 Å². The first-order valence-corrected chi connectivity index (χ1v) is 7.63. The van der Waals surface area contributed by atoms with Gasteiger partial charge in [0.25, 0.3) is 0 Å². The van der Waals surface area contributed by atoms with Gasteiger partial charge in [0.15, 0.2) is 0 Å². The summed E-state index contributed by atoms with van der Waals surface area (Å²) in [5.74, 6) is -1.60. The van der Waals surface area contributed by atoms with Crippen LogP contribution < -0.4 is 15.8 Å². The smallest absolute Gasteiger partial charge is 0.339 e. The molecule has 2 aromatic carbocycles. The molecule has 0 aliphatic heterocycles. The molecule has 0 saturated heterocycles. The molecule has 0 aliphatic rings. The van der Waals surface area contributed by atoms with Crippen LogP contribution in [0.1, 0.15) is 24.2 Å². The number of nitrogens with two attached hydrogens (primary N) is 1. The third-order valence-electron chi connectivity index (χ3n) is 3.22. The molecule has 9 heteroatoms. The Bertz CT molecular complexity index is 880. The normalized spacial score (nSPS) is 10.7. The van der Waals surface area contributed by atoms with Crippen molar-refractivity contribution in [2.45, 2.75) is 13.8 Å². The average molecular weight is 358 g/mol. The van der Waals surface area contributed by atoms with E-state index in [0.717, 1.165) is 0 Å². The van der Waals surface area contributed by atoms with Crippen molar-refractivity contribution in [1.82, 2.24) is 0 Å².